The zero-order valence-corrected chi connectivity index (χ0v) is 12.0. The topological polar surface area (TPSA) is 36.1 Å². The van der Waals surface area contributed by atoms with Gasteiger partial charge in [0.15, 0.2) is 0 Å². The lowest BCUT2D eigenvalue weighted by Crippen LogP contribution is -2.34. The van der Waals surface area contributed by atoms with E-state index in [0.717, 1.165) is 13.0 Å². The van der Waals surface area contributed by atoms with Gasteiger partial charge in [0.2, 0.25) is 0 Å². The van der Waals surface area contributed by atoms with Crippen molar-refractivity contribution in [2.45, 2.75) is 32.2 Å². The van der Waals surface area contributed by atoms with Crippen LogP contribution in [0.25, 0.3) is 0 Å². The molecule has 104 valence electrons. The molecule has 0 saturated carbocycles. The van der Waals surface area contributed by atoms with Gasteiger partial charge in [-0.1, -0.05) is 24.3 Å². The van der Waals surface area contributed by atoms with Crippen molar-refractivity contribution in [2.75, 3.05) is 6.54 Å². The molecular formula is C17H20N2O. The highest BCUT2D eigenvalue weighted by atomic mass is 16.2. The molecule has 1 aromatic carbocycles. The van der Waals surface area contributed by atoms with E-state index < -0.39 is 0 Å². The van der Waals surface area contributed by atoms with E-state index in [1.54, 1.807) is 6.20 Å². The van der Waals surface area contributed by atoms with Crippen molar-refractivity contribution < 1.29 is 4.79 Å². The van der Waals surface area contributed by atoms with E-state index in [0.29, 0.717) is 11.6 Å². The minimum Gasteiger partial charge on any atom is -0.357 e. The van der Waals surface area contributed by atoms with Crippen LogP contribution in [-0.4, -0.2) is 28.4 Å². The Hall–Kier alpha value is -2.03. The molecule has 3 rings (SSSR count). The summed E-state index contributed by atoms with van der Waals surface area (Å²) in [5.74, 6) is 0.559. The molecule has 0 aliphatic carbocycles. The molecule has 0 bridgehead atoms. The number of amides is 1. The lowest BCUT2D eigenvalue weighted by Gasteiger charge is -2.20. The molecule has 1 aliphatic rings. The molecule has 1 N–H and O–H groups in total. The van der Waals surface area contributed by atoms with E-state index in [9.17, 15) is 4.79 Å². The molecule has 0 spiro atoms. The van der Waals surface area contributed by atoms with Crippen molar-refractivity contribution in [3.63, 3.8) is 0 Å². The third-order valence-electron chi connectivity index (χ3n) is 4.29. The quantitative estimate of drug-likeness (QED) is 0.891. The molecule has 1 amide bonds. The number of aryl methyl sites for hydroxylation is 1. The zero-order chi connectivity index (χ0) is 14.1. The summed E-state index contributed by atoms with van der Waals surface area (Å²) in [6, 6.07) is 12.5. The number of nitrogens with one attached hydrogen (secondary N) is 1. The molecule has 1 aliphatic heterocycles. The Labute approximate surface area is 119 Å². The van der Waals surface area contributed by atoms with E-state index in [2.05, 4.69) is 43.1 Å². The second-order valence-electron chi connectivity index (χ2n) is 5.68. The fraction of sp³-hybridized carbons (Fsp3) is 0.353. The van der Waals surface area contributed by atoms with Crippen LogP contribution < -0.4 is 0 Å². The maximum Gasteiger partial charge on any atom is 0.270 e. The first-order chi connectivity index (χ1) is 9.66. The minimum atomic E-state index is 0.110. The predicted molar refractivity (Wildman–Crippen MR) is 79.8 cm³/mol. The summed E-state index contributed by atoms with van der Waals surface area (Å²) >= 11 is 0. The van der Waals surface area contributed by atoms with Gasteiger partial charge in [0.05, 0.1) is 0 Å². The van der Waals surface area contributed by atoms with Gasteiger partial charge in [-0.25, -0.2) is 0 Å². The van der Waals surface area contributed by atoms with Crippen molar-refractivity contribution in [3.8, 4) is 0 Å². The summed E-state index contributed by atoms with van der Waals surface area (Å²) in [6.07, 6.45) is 2.84. The molecule has 3 nitrogen and oxygen atoms in total. The lowest BCUT2D eigenvalue weighted by molar-refractivity contribution is 0.0740. The number of H-pyrrole nitrogens is 1. The van der Waals surface area contributed by atoms with Crippen molar-refractivity contribution in [1.82, 2.24) is 9.88 Å². The highest BCUT2D eigenvalue weighted by Crippen LogP contribution is 2.33. The summed E-state index contributed by atoms with van der Waals surface area (Å²) < 4.78 is 0. The fourth-order valence-corrected chi connectivity index (χ4v) is 3.20. The van der Waals surface area contributed by atoms with Crippen LogP contribution in [0.15, 0.2) is 42.6 Å². The third kappa shape index (κ3) is 2.24. The highest BCUT2D eigenvalue weighted by Gasteiger charge is 2.34. The highest BCUT2D eigenvalue weighted by molar-refractivity contribution is 5.92. The van der Waals surface area contributed by atoms with Gasteiger partial charge in [-0.15, -0.1) is 0 Å². The number of benzene rings is 1. The van der Waals surface area contributed by atoms with E-state index >= 15 is 0 Å². The maximum atomic E-state index is 12.5. The zero-order valence-electron chi connectivity index (χ0n) is 12.0. The Balaban J connectivity index is 1.81. The number of aromatic amines is 1. The number of carbonyl (C=O) groups excluding carboxylic acids is 1. The van der Waals surface area contributed by atoms with E-state index in [-0.39, 0.29) is 11.9 Å². The molecule has 3 heteroatoms. The van der Waals surface area contributed by atoms with Crippen LogP contribution in [0.1, 0.15) is 40.9 Å². The Morgan fingerprint density at radius 2 is 2.05 bits per heavy atom. The van der Waals surface area contributed by atoms with Crippen molar-refractivity contribution >= 4 is 5.91 Å². The molecule has 2 heterocycles. The van der Waals surface area contributed by atoms with E-state index in [1.807, 2.05) is 17.0 Å². The molecule has 20 heavy (non-hydrogen) atoms. The Morgan fingerprint density at radius 1 is 1.25 bits per heavy atom. The van der Waals surface area contributed by atoms with E-state index in [4.69, 9.17) is 0 Å². The van der Waals surface area contributed by atoms with Crippen molar-refractivity contribution in [2.24, 2.45) is 0 Å². The van der Waals surface area contributed by atoms with Gasteiger partial charge in [-0.05, 0) is 43.5 Å². The van der Waals surface area contributed by atoms with Crippen LogP contribution in [0.2, 0.25) is 0 Å². The lowest BCUT2D eigenvalue weighted by atomic mass is 9.93. The number of carbonyl (C=O) groups is 1. The second-order valence-corrected chi connectivity index (χ2v) is 5.68. The Kier molecular flexibility index (Phi) is 3.35. The molecule has 1 fully saturated rings. The first-order valence-electron chi connectivity index (χ1n) is 7.16. The molecule has 1 aromatic heterocycles. The Morgan fingerprint density at radius 3 is 2.75 bits per heavy atom. The van der Waals surface area contributed by atoms with Crippen LogP contribution in [0.4, 0.5) is 0 Å². The maximum absolute atomic E-state index is 12.5. The summed E-state index contributed by atoms with van der Waals surface area (Å²) in [5, 5.41) is 0. The first-order valence-corrected chi connectivity index (χ1v) is 7.16. The standard InChI is InChI=1S/C17H20N2O/c1-12-6-3-4-7-15(12)14-10-13(2)19(11-14)17(20)16-8-5-9-18-16/h3-9,13-14,18H,10-11H2,1-2H3/t13-,14-/m0/s1. The molecule has 0 unspecified atom stereocenters. The van der Waals surface area contributed by atoms with Crippen LogP contribution >= 0.6 is 0 Å². The monoisotopic (exact) mass is 268 g/mol. The van der Waals surface area contributed by atoms with Gasteiger partial charge in [0.25, 0.3) is 5.91 Å². The summed E-state index contributed by atoms with van der Waals surface area (Å²) in [5.41, 5.74) is 3.38. The molecule has 1 saturated heterocycles. The van der Waals surface area contributed by atoms with Gasteiger partial charge in [0.1, 0.15) is 5.69 Å². The minimum absolute atomic E-state index is 0.110. The number of nitrogens with zero attached hydrogens (tertiary/aromatic N) is 1. The summed E-state index contributed by atoms with van der Waals surface area (Å²) in [7, 11) is 0. The molecule has 0 radical (unpaired) electrons. The first kappa shape index (κ1) is 13.0. The fourth-order valence-electron chi connectivity index (χ4n) is 3.20. The number of hydrogen-bond acceptors (Lipinski definition) is 1. The number of aromatic nitrogens is 1. The van der Waals surface area contributed by atoms with Crippen LogP contribution in [0, 0.1) is 6.92 Å². The molecular weight excluding hydrogens is 248 g/mol. The average Bonchev–Trinajstić information content (AvgIpc) is 3.08. The van der Waals surface area contributed by atoms with Gasteiger partial charge in [-0.2, -0.15) is 0 Å². The summed E-state index contributed by atoms with van der Waals surface area (Å²) in [4.78, 5) is 17.5. The normalized spacial score (nSPS) is 22.2. The van der Waals surface area contributed by atoms with Gasteiger partial charge in [0, 0.05) is 24.7 Å². The predicted octanol–water partition coefficient (Wildman–Crippen LogP) is 3.34. The van der Waals surface area contributed by atoms with Crippen molar-refractivity contribution in [3.05, 3.63) is 59.4 Å². The van der Waals surface area contributed by atoms with Gasteiger partial charge in [-0.3, -0.25) is 4.79 Å². The molecule has 2 aromatic rings. The Bertz CT molecular complexity index is 603. The summed E-state index contributed by atoms with van der Waals surface area (Å²) in [6.45, 7) is 5.10. The van der Waals surface area contributed by atoms with Gasteiger partial charge >= 0.3 is 0 Å². The average molecular weight is 268 g/mol. The van der Waals surface area contributed by atoms with Crippen LogP contribution in [-0.2, 0) is 0 Å². The second kappa shape index (κ2) is 5.16. The van der Waals surface area contributed by atoms with Gasteiger partial charge < -0.3 is 9.88 Å². The number of rotatable bonds is 2. The van der Waals surface area contributed by atoms with Crippen molar-refractivity contribution in [1.29, 1.82) is 0 Å². The smallest absolute Gasteiger partial charge is 0.270 e. The SMILES string of the molecule is Cc1ccccc1[C@H]1C[C@H](C)N(C(=O)c2ccc[nH]2)C1. The third-order valence-corrected chi connectivity index (χ3v) is 4.29. The number of likely N-dealkylation sites (tertiary alicyclic amines) is 1. The number of hydrogen-bond donors (Lipinski definition) is 1. The van der Waals surface area contributed by atoms with Crippen LogP contribution in [0.5, 0.6) is 0 Å². The van der Waals surface area contributed by atoms with E-state index in [1.165, 1.54) is 11.1 Å². The molecule has 2 atom stereocenters. The largest absolute Gasteiger partial charge is 0.357 e. The van der Waals surface area contributed by atoms with Crippen LogP contribution in [0.3, 0.4) is 0 Å².